The molecule has 0 radical (unpaired) electrons. The Balaban J connectivity index is 1.66. The summed E-state index contributed by atoms with van der Waals surface area (Å²) in [6.45, 7) is 13.1. The van der Waals surface area contributed by atoms with Crippen LogP contribution in [0.1, 0.15) is 74.9 Å². The molecular formula is C27H35N3O2. The normalized spacial score (nSPS) is 15.7. The van der Waals surface area contributed by atoms with Gasteiger partial charge in [0.15, 0.2) is 0 Å². The largest absolute Gasteiger partial charge is 0.381 e. The number of hydrogen-bond acceptors (Lipinski definition) is 3. The summed E-state index contributed by atoms with van der Waals surface area (Å²) in [6, 6.07) is 11.1. The molecule has 170 valence electrons. The molecule has 1 fully saturated rings. The van der Waals surface area contributed by atoms with Crippen LogP contribution >= 0.6 is 0 Å². The maximum atomic E-state index is 12.4. The lowest BCUT2D eigenvalue weighted by molar-refractivity contribution is -0.148. The number of nitrogens with one attached hydrogen (secondary N) is 1. The van der Waals surface area contributed by atoms with Gasteiger partial charge in [0, 0.05) is 40.9 Å². The van der Waals surface area contributed by atoms with E-state index in [2.05, 4.69) is 54.1 Å². The van der Waals surface area contributed by atoms with E-state index in [1.807, 2.05) is 13.8 Å². The summed E-state index contributed by atoms with van der Waals surface area (Å²) < 4.78 is 0. The summed E-state index contributed by atoms with van der Waals surface area (Å²) in [5, 5.41) is 11.3. The molecule has 3 aromatic rings. The molecule has 0 bridgehead atoms. The summed E-state index contributed by atoms with van der Waals surface area (Å²) in [6.07, 6.45) is 1.84. The van der Waals surface area contributed by atoms with Gasteiger partial charge in [0.2, 0.25) is 0 Å². The van der Waals surface area contributed by atoms with Gasteiger partial charge < -0.3 is 15.0 Å². The second kappa shape index (κ2) is 8.36. The first-order chi connectivity index (χ1) is 15.0. The van der Waals surface area contributed by atoms with Crippen molar-refractivity contribution in [2.45, 2.75) is 71.8 Å². The van der Waals surface area contributed by atoms with Crippen LogP contribution < -0.4 is 0 Å². The van der Waals surface area contributed by atoms with E-state index in [9.17, 15) is 9.90 Å². The lowest BCUT2D eigenvalue weighted by atomic mass is 9.87. The van der Waals surface area contributed by atoms with E-state index < -0.39 is 5.60 Å². The van der Waals surface area contributed by atoms with Gasteiger partial charge in [0.25, 0.3) is 5.91 Å². The molecule has 32 heavy (non-hydrogen) atoms. The van der Waals surface area contributed by atoms with E-state index in [0.29, 0.717) is 24.9 Å². The Morgan fingerprint density at radius 3 is 2.31 bits per heavy atom. The molecule has 0 spiro atoms. The molecule has 0 saturated carbocycles. The molecule has 2 aromatic heterocycles. The maximum absolute atomic E-state index is 12.4. The molecule has 1 aromatic carbocycles. The van der Waals surface area contributed by atoms with Gasteiger partial charge in [0.05, 0.1) is 5.69 Å². The Morgan fingerprint density at radius 1 is 1.12 bits per heavy atom. The fraction of sp³-hybridized carbons (Fsp3) is 0.481. The molecule has 1 aliphatic rings. The number of H-pyrrole nitrogens is 1. The number of piperidine rings is 1. The van der Waals surface area contributed by atoms with Crippen molar-refractivity contribution in [2.75, 3.05) is 13.1 Å². The first-order valence-corrected chi connectivity index (χ1v) is 11.7. The van der Waals surface area contributed by atoms with E-state index in [1.165, 1.54) is 27.8 Å². The minimum atomic E-state index is -1.30. The Morgan fingerprint density at radius 2 is 1.75 bits per heavy atom. The van der Waals surface area contributed by atoms with Crippen molar-refractivity contribution in [2.24, 2.45) is 0 Å². The van der Waals surface area contributed by atoms with Crippen molar-refractivity contribution in [1.29, 1.82) is 0 Å². The average Bonchev–Trinajstić information content (AvgIpc) is 3.11. The van der Waals surface area contributed by atoms with Crippen LogP contribution in [0.3, 0.4) is 0 Å². The third kappa shape index (κ3) is 4.31. The molecule has 0 unspecified atom stereocenters. The van der Waals surface area contributed by atoms with E-state index in [1.54, 1.807) is 18.7 Å². The number of rotatable bonds is 4. The molecule has 5 heteroatoms. The summed E-state index contributed by atoms with van der Waals surface area (Å²) in [5.74, 6) is 0.634. The van der Waals surface area contributed by atoms with Crippen LogP contribution in [0.5, 0.6) is 0 Å². The second-order valence-corrected chi connectivity index (χ2v) is 10.1. The van der Waals surface area contributed by atoms with Gasteiger partial charge >= 0.3 is 0 Å². The Bertz CT molecular complexity index is 1130. The molecule has 2 N–H and O–H groups in total. The first-order valence-electron chi connectivity index (χ1n) is 11.7. The predicted molar refractivity (Wildman–Crippen MR) is 130 cm³/mol. The minimum absolute atomic E-state index is 0.174. The lowest BCUT2D eigenvalue weighted by Gasteiger charge is -2.35. The van der Waals surface area contributed by atoms with Crippen LogP contribution in [-0.4, -0.2) is 44.6 Å². The van der Waals surface area contributed by atoms with Crippen LogP contribution in [-0.2, 0) is 4.79 Å². The van der Waals surface area contributed by atoms with Crippen molar-refractivity contribution in [1.82, 2.24) is 14.9 Å². The van der Waals surface area contributed by atoms with Crippen molar-refractivity contribution in [3.05, 3.63) is 52.8 Å². The number of carbonyl (C=O) groups excluding carboxylic acids is 1. The number of likely N-dealkylation sites (tertiary alicyclic amines) is 1. The first kappa shape index (κ1) is 22.5. The Labute approximate surface area is 190 Å². The quantitative estimate of drug-likeness (QED) is 0.575. The summed E-state index contributed by atoms with van der Waals surface area (Å²) in [5.41, 5.74) is 6.98. The van der Waals surface area contributed by atoms with Gasteiger partial charge in [-0.05, 0) is 87.8 Å². The lowest BCUT2D eigenvalue weighted by Crippen LogP contribution is -2.48. The molecule has 0 aliphatic carbocycles. The average molecular weight is 434 g/mol. The fourth-order valence-electron chi connectivity index (χ4n) is 5.09. The summed E-state index contributed by atoms with van der Waals surface area (Å²) in [4.78, 5) is 22.4. The van der Waals surface area contributed by atoms with Gasteiger partial charge in [-0.15, -0.1) is 0 Å². The zero-order valence-corrected chi connectivity index (χ0v) is 20.1. The highest BCUT2D eigenvalue weighted by atomic mass is 16.3. The van der Waals surface area contributed by atoms with Crippen molar-refractivity contribution < 1.29 is 9.90 Å². The van der Waals surface area contributed by atoms with Gasteiger partial charge in [-0.2, -0.15) is 0 Å². The van der Waals surface area contributed by atoms with E-state index >= 15 is 0 Å². The summed E-state index contributed by atoms with van der Waals surface area (Å²) >= 11 is 0. The smallest absolute Gasteiger partial charge is 0.253 e. The van der Waals surface area contributed by atoms with Crippen molar-refractivity contribution in [3.63, 3.8) is 0 Å². The zero-order chi connectivity index (χ0) is 23.2. The summed E-state index contributed by atoms with van der Waals surface area (Å²) in [7, 11) is 0. The van der Waals surface area contributed by atoms with Gasteiger partial charge in [-0.1, -0.05) is 19.9 Å². The monoisotopic (exact) mass is 433 g/mol. The Hall–Kier alpha value is -2.66. The van der Waals surface area contributed by atoms with Crippen LogP contribution in [0.25, 0.3) is 22.2 Å². The molecule has 1 amide bonds. The predicted octanol–water partition coefficient (Wildman–Crippen LogP) is 5.45. The molecule has 1 saturated heterocycles. The number of aliphatic hydroxyl groups is 1. The highest BCUT2D eigenvalue weighted by Gasteiger charge is 2.32. The molecule has 4 rings (SSSR count). The van der Waals surface area contributed by atoms with E-state index in [-0.39, 0.29) is 5.91 Å². The molecular weight excluding hydrogens is 398 g/mol. The van der Waals surface area contributed by atoms with Crippen molar-refractivity contribution >= 4 is 16.8 Å². The van der Waals surface area contributed by atoms with Crippen LogP contribution in [0.15, 0.2) is 30.3 Å². The van der Waals surface area contributed by atoms with Crippen LogP contribution in [0, 0.1) is 13.8 Å². The third-order valence-electron chi connectivity index (χ3n) is 6.59. The minimum Gasteiger partial charge on any atom is -0.381 e. The van der Waals surface area contributed by atoms with Gasteiger partial charge in [0.1, 0.15) is 5.60 Å². The highest BCUT2D eigenvalue weighted by Crippen LogP contribution is 2.38. The SMILES string of the molecule is Cc1cc(-c2[nH]c3ccc(C4CCN(C(=O)C(C)(C)O)CC4)cc3c2C(C)C)cc(C)n1. The number of aromatic amines is 1. The number of carbonyl (C=O) groups is 1. The zero-order valence-electron chi connectivity index (χ0n) is 20.1. The Kier molecular flexibility index (Phi) is 5.89. The van der Waals surface area contributed by atoms with E-state index in [4.69, 9.17) is 0 Å². The fourth-order valence-corrected chi connectivity index (χ4v) is 5.09. The van der Waals surface area contributed by atoms with Gasteiger partial charge in [-0.3, -0.25) is 9.78 Å². The van der Waals surface area contributed by atoms with Crippen LogP contribution in [0.4, 0.5) is 0 Å². The number of aryl methyl sites for hydroxylation is 2. The molecule has 5 nitrogen and oxygen atoms in total. The third-order valence-corrected chi connectivity index (χ3v) is 6.59. The number of amides is 1. The van der Waals surface area contributed by atoms with Crippen LogP contribution in [0.2, 0.25) is 0 Å². The second-order valence-electron chi connectivity index (χ2n) is 10.1. The molecule has 3 heterocycles. The van der Waals surface area contributed by atoms with E-state index in [0.717, 1.165) is 29.7 Å². The van der Waals surface area contributed by atoms with Crippen molar-refractivity contribution in [3.8, 4) is 11.3 Å². The number of benzene rings is 1. The standard InChI is InChI=1S/C27H35N3O2/c1-16(2)24-22-15-20(19-9-11-30(12-10-19)26(31)27(5,6)32)7-8-23(22)29-25(24)21-13-17(3)28-18(4)14-21/h7-8,13-16,19,29,32H,9-12H2,1-6H3. The number of pyridine rings is 1. The number of nitrogens with zero attached hydrogens (tertiary/aromatic N) is 2. The molecule has 1 aliphatic heterocycles. The maximum Gasteiger partial charge on any atom is 0.253 e. The number of fused-ring (bicyclic) bond motifs is 1. The highest BCUT2D eigenvalue weighted by molar-refractivity contribution is 5.92. The molecule has 0 atom stereocenters. The topological polar surface area (TPSA) is 69.2 Å². The number of hydrogen-bond donors (Lipinski definition) is 2. The number of aromatic nitrogens is 2. The van der Waals surface area contributed by atoms with Gasteiger partial charge in [-0.25, -0.2) is 0 Å².